The molecule has 2 rings (SSSR count). The molecule has 26 heavy (non-hydrogen) atoms. The smallest absolute Gasteiger partial charge is 0.310 e. The summed E-state index contributed by atoms with van der Waals surface area (Å²) < 4.78 is 0. The fraction of sp³-hybridized carbons (Fsp3) is 0.636. The van der Waals surface area contributed by atoms with Crippen molar-refractivity contribution < 1.29 is 42.6 Å². The Bertz CT molecular complexity index is 609. The van der Waals surface area contributed by atoms with E-state index >= 15 is 0 Å². The Labute approximate surface area is 184 Å². The van der Waals surface area contributed by atoms with Crippen LogP contribution >= 0.6 is 0 Å². The van der Waals surface area contributed by atoms with Crippen molar-refractivity contribution in [3.8, 4) is 0 Å². The van der Waals surface area contributed by atoms with Gasteiger partial charge < -0.3 is 10.0 Å². The number of hydrogen-bond acceptors (Lipinski definition) is 2. The largest absolute Gasteiger partial charge is 0.481 e. The van der Waals surface area contributed by atoms with Gasteiger partial charge in [-0.25, -0.2) is 19.1 Å². The molecule has 1 saturated carbocycles. The van der Waals surface area contributed by atoms with Gasteiger partial charge in [0.15, 0.2) is 0 Å². The molecule has 0 amide bonds. The molecule has 0 spiro atoms. The summed E-state index contributed by atoms with van der Waals surface area (Å²) in [6.45, 7) is 26.2. The van der Waals surface area contributed by atoms with Crippen LogP contribution in [0.4, 0.5) is 0 Å². The van der Waals surface area contributed by atoms with E-state index in [0.717, 1.165) is 42.7 Å². The Morgan fingerprint density at radius 3 is 2.27 bits per heavy atom. The summed E-state index contributed by atoms with van der Waals surface area (Å²) in [6.07, 6.45) is 3.15. The van der Waals surface area contributed by atoms with Crippen molar-refractivity contribution in [2.75, 3.05) is 6.54 Å². The average Bonchev–Trinajstić information content (AvgIpc) is 2.94. The first-order valence-electron chi connectivity index (χ1n) is 9.27. The van der Waals surface area contributed by atoms with E-state index in [-0.39, 0.29) is 50.1 Å². The van der Waals surface area contributed by atoms with Crippen LogP contribution in [0.15, 0.2) is 36.6 Å². The van der Waals surface area contributed by atoms with E-state index in [1.165, 1.54) is 0 Å². The van der Waals surface area contributed by atoms with Crippen molar-refractivity contribution >= 4 is 5.97 Å². The van der Waals surface area contributed by atoms with Crippen molar-refractivity contribution in [2.45, 2.75) is 59.4 Å². The van der Waals surface area contributed by atoms with Gasteiger partial charge in [0, 0.05) is 56.4 Å². The number of carboxylic acid groups (broad SMARTS) is 1. The molecule has 2 fully saturated rings. The van der Waals surface area contributed by atoms with Crippen LogP contribution < -0.4 is 0 Å². The van der Waals surface area contributed by atoms with E-state index in [0.29, 0.717) is 12.3 Å². The maximum Gasteiger partial charge on any atom is 0.310 e. The number of carbonyl (C=O) groups is 1. The van der Waals surface area contributed by atoms with E-state index in [2.05, 4.69) is 52.3 Å². The van der Waals surface area contributed by atoms with Gasteiger partial charge in [-0.2, -0.15) is 0 Å². The van der Waals surface area contributed by atoms with Gasteiger partial charge in [0.25, 0.3) is 0 Å². The van der Waals surface area contributed by atoms with Gasteiger partial charge in [0.05, 0.1) is 5.41 Å². The molecule has 0 bridgehead atoms. The minimum absolute atomic E-state index is 0. The molecular formula is C22H34NO2Y-. The van der Waals surface area contributed by atoms with E-state index < -0.39 is 11.4 Å². The molecule has 4 unspecified atom stereocenters. The minimum atomic E-state index is -0.675. The Balaban J connectivity index is 0.00000338. The second kappa shape index (κ2) is 8.23. The fourth-order valence-corrected chi connectivity index (χ4v) is 4.48. The fourth-order valence-electron chi connectivity index (χ4n) is 4.48. The Morgan fingerprint density at radius 2 is 1.85 bits per heavy atom. The van der Waals surface area contributed by atoms with E-state index in [1.54, 1.807) is 0 Å². The number of nitrogens with zero attached hydrogens (tertiary/aromatic N) is 1. The van der Waals surface area contributed by atoms with Crippen LogP contribution in [0.3, 0.4) is 0 Å². The van der Waals surface area contributed by atoms with Gasteiger partial charge in [-0.05, 0) is 31.1 Å². The minimum Gasteiger partial charge on any atom is -0.481 e. The van der Waals surface area contributed by atoms with Crippen LogP contribution in [0, 0.1) is 29.6 Å². The third-order valence-corrected chi connectivity index (χ3v) is 6.22. The quantitative estimate of drug-likeness (QED) is 0.429. The summed E-state index contributed by atoms with van der Waals surface area (Å²) >= 11 is 0. The molecular weight excluding hydrogens is 399 g/mol. The first kappa shape index (κ1) is 23.5. The standard InChI is InChI=1S/C22H34NO2.Y/c1-14(2)10-21(7,8)18(6)23-13-15(3)9-19(23)16(4)11-22(20(24)25)12-17(22)5;/h15,17,19H,1-2,4,6,9-13H2,3,5,7-8H3,(H,24,25);/q-1;. The number of rotatable bonds is 8. The molecule has 1 radical (unpaired) electrons. The molecule has 3 nitrogen and oxygen atoms in total. The molecule has 1 saturated heterocycles. The maximum atomic E-state index is 11.7. The molecule has 0 aromatic heterocycles. The summed E-state index contributed by atoms with van der Waals surface area (Å²) in [7, 11) is 0. The molecule has 4 atom stereocenters. The molecule has 4 heteroatoms. The van der Waals surface area contributed by atoms with Crippen LogP contribution in [0.2, 0.25) is 0 Å². The molecule has 0 aromatic rings. The van der Waals surface area contributed by atoms with Gasteiger partial charge in [-0.15, -0.1) is 0 Å². The number of likely N-dealkylation sites (tertiary alicyclic amines) is 1. The Kier molecular flexibility index (Phi) is 7.44. The SMILES string of the molecule is C=C([CH2-])CC(C)(C)C(=C)N1CC(C)CC1C(=C)CC1(C(=O)O)CC1C.[Y]. The molecule has 1 aliphatic carbocycles. The maximum absolute atomic E-state index is 11.7. The number of hydrogen-bond donors (Lipinski definition) is 1. The first-order chi connectivity index (χ1) is 11.4. The van der Waals surface area contributed by atoms with Crippen LogP contribution in [0.1, 0.15) is 53.4 Å². The first-order valence-corrected chi connectivity index (χ1v) is 9.27. The van der Waals surface area contributed by atoms with Crippen LogP contribution in [-0.2, 0) is 37.5 Å². The average molecular weight is 433 g/mol. The van der Waals surface area contributed by atoms with E-state index in [1.807, 2.05) is 6.92 Å². The van der Waals surface area contributed by atoms with Gasteiger partial charge in [0.2, 0.25) is 0 Å². The number of carboxylic acids is 1. The van der Waals surface area contributed by atoms with Gasteiger partial charge >= 0.3 is 5.97 Å². The van der Waals surface area contributed by atoms with Crippen molar-refractivity contribution in [1.82, 2.24) is 4.90 Å². The van der Waals surface area contributed by atoms with Crippen molar-refractivity contribution in [1.29, 1.82) is 0 Å². The third kappa shape index (κ3) is 4.65. The third-order valence-electron chi connectivity index (χ3n) is 6.22. The molecule has 143 valence electrons. The van der Waals surface area contributed by atoms with E-state index in [4.69, 9.17) is 0 Å². The predicted octanol–water partition coefficient (Wildman–Crippen LogP) is 5.07. The normalized spacial score (nSPS) is 30.5. The zero-order valence-corrected chi connectivity index (χ0v) is 19.8. The van der Waals surface area contributed by atoms with Crippen LogP contribution in [0.5, 0.6) is 0 Å². The van der Waals surface area contributed by atoms with Crippen LogP contribution in [0.25, 0.3) is 0 Å². The molecule has 1 heterocycles. The zero-order valence-electron chi connectivity index (χ0n) is 17.0. The van der Waals surface area contributed by atoms with Crippen molar-refractivity contribution in [3.63, 3.8) is 0 Å². The summed E-state index contributed by atoms with van der Waals surface area (Å²) in [4.78, 5) is 14.1. The van der Waals surface area contributed by atoms with Gasteiger partial charge in [-0.3, -0.25) is 4.79 Å². The second-order valence-electron chi connectivity index (χ2n) is 9.17. The number of aliphatic carboxylic acids is 1. The predicted molar refractivity (Wildman–Crippen MR) is 104 cm³/mol. The summed E-state index contributed by atoms with van der Waals surface area (Å²) in [6, 6.07) is 0.184. The molecule has 1 N–H and O–H groups in total. The topological polar surface area (TPSA) is 40.5 Å². The monoisotopic (exact) mass is 433 g/mol. The van der Waals surface area contributed by atoms with Gasteiger partial charge in [-0.1, -0.05) is 52.8 Å². The summed E-state index contributed by atoms with van der Waals surface area (Å²) in [5.74, 6) is 0.115. The summed E-state index contributed by atoms with van der Waals surface area (Å²) in [5, 5.41) is 9.63. The van der Waals surface area contributed by atoms with Gasteiger partial charge in [0.1, 0.15) is 0 Å². The molecule has 2 aliphatic rings. The van der Waals surface area contributed by atoms with E-state index in [9.17, 15) is 9.90 Å². The zero-order chi connectivity index (χ0) is 19.2. The second-order valence-corrected chi connectivity index (χ2v) is 9.17. The molecule has 1 aliphatic heterocycles. The van der Waals surface area contributed by atoms with Crippen molar-refractivity contribution in [2.24, 2.45) is 22.7 Å². The number of allylic oxidation sites excluding steroid dienone is 2. The van der Waals surface area contributed by atoms with Crippen LogP contribution in [-0.4, -0.2) is 28.6 Å². The van der Waals surface area contributed by atoms with Crippen molar-refractivity contribution in [3.05, 3.63) is 43.5 Å². The Morgan fingerprint density at radius 1 is 1.31 bits per heavy atom. The molecule has 0 aromatic carbocycles. The summed E-state index contributed by atoms with van der Waals surface area (Å²) in [5.41, 5.74) is 2.33. The Hall–Kier alpha value is -0.536.